The molecule has 0 amide bonds. The smallest absolute Gasteiger partial charge is 0.416 e. The van der Waals surface area contributed by atoms with Gasteiger partial charge in [-0.05, 0) is 37.2 Å². The molecule has 9 heteroatoms. The lowest BCUT2D eigenvalue weighted by Crippen LogP contribution is -2.39. The molecule has 1 aliphatic heterocycles. The molecular formula is C15H21F3N2O3S. The Kier molecular flexibility index (Phi) is 5.77. The van der Waals surface area contributed by atoms with Crippen molar-refractivity contribution in [3.63, 3.8) is 0 Å². The van der Waals surface area contributed by atoms with Crippen LogP contribution in [0.2, 0.25) is 0 Å². The molecule has 0 bridgehead atoms. The van der Waals surface area contributed by atoms with E-state index in [1.165, 1.54) is 26.2 Å². The molecule has 0 radical (unpaired) electrons. The molecule has 1 unspecified atom stereocenters. The molecule has 1 fully saturated rings. The summed E-state index contributed by atoms with van der Waals surface area (Å²) in [6.07, 6.45) is -4.28. The Morgan fingerprint density at radius 3 is 2.38 bits per heavy atom. The average Bonchev–Trinajstić information content (AvgIpc) is 3.00. The number of benzene rings is 1. The molecule has 24 heavy (non-hydrogen) atoms. The first-order valence-electron chi connectivity index (χ1n) is 7.54. The normalized spacial score (nSPS) is 20.3. The number of sulfonamides is 1. The first-order chi connectivity index (χ1) is 11.1. The van der Waals surface area contributed by atoms with Gasteiger partial charge in [-0.25, -0.2) is 12.7 Å². The van der Waals surface area contributed by atoms with Crippen LogP contribution in [-0.4, -0.2) is 51.8 Å². The van der Waals surface area contributed by atoms with E-state index in [2.05, 4.69) is 5.32 Å². The van der Waals surface area contributed by atoms with Crippen LogP contribution >= 0.6 is 0 Å². The van der Waals surface area contributed by atoms with E-state index in [0.29, 0.717) is 6.54 Å². The number of nitrogens with zero attached hydrogens (tertiary/aromatic N) is 1. The molecular weight excluding hydrogens is 345 g/mol. The van der Waals surface area contributed by atoms with Gasteiger partial charge in [0.05, 0.1) is 5.56 Å². The van der Waals surface area contributed by atoms with Gasteiger partial charge in [0.25, 0.3) is 0 Å². The van der Waals surface area contributed by atoms with E-state index < -0.39 is 27.9 Å². The molecule has 1 aromatic carbocycles. The molecule has 1 aliphatic rings. The highest BCUT2D eigenvalue weighted by molar-refractivity contribution is 7.89. The average molecular weight is 366 g/mol. The van der Waals surface area contributed by atoms with Crippen molar-refractivity contribution >= 4 is 10.0 Å². The molecule has 1 N–H and O–H groups in total. The lowest BCUT2D eigenvalue weighted by molar-refractivity contribution is -0.137. The van der Waals surface area contributed by atoms with Crippen molar-refractivity contribution in [2.45, 2.75) is 18.7 Å². The second-order valence-corrected chi connectivity index (χ2v) is 8.22. The van der Waals surface area contributed by atoms with E-state index in [4.69, 9.17) is 4.74 Å². The third-order valence-corrected chi connectivity index (χ3v) is 5.89. The van der Waals surface area contributed by atoms with Crippen molar-refractivity contribution in [3.05, 3.63) is 29.8 Å². The van der Waals surface area contributed by atoms with Crippen LogP contribution in [0.5, 0.6) is 5.75 Å². The second-order valence-electron chi connectivity index (χ2n) is 5.99. The molecule has 0 spiro atoms. The number of alkyl halides is 3. The van der Waals surface area contributed by atoms with E-state index in [1.807, 2.05) is 0 Å². The Balaban J connectivity index is 2.16. The van der Waals surface area contributed by atoms with E-state index in [9.17, 15) is 21.6 Å². The summed E-state index contributed by atoms with van der Waals surface area (Å²) in [6.45, 7) is 1.38. The standard InChI is InChI=1S/C15H21F3N2O3S/c1-20(2)24(21,22)10-14(11-7-8-19-9-11)23-13-5-3-12(4-6-13)15(16,17)18/h3-6,11,14,19H,7-10H2,1-2H3/t11?,14-/m1/s1. The fraction of sp³-hybridized carbons (Fsp3) is 0.600. The number of nitrogens with one attached hydrogen (secondary N) is 1. The van der Waals surface area contributed by atoms with Gasteiger partial charge < -0.3 is 10.1 Å². The predicted molar refractivity (Wildman–Crippen MR) is 84.3 cm³/mol. The Labute approximate surface area is 139 Å². The van der Waals surface area contributed by atoms with Crippen molar-refractivity contribution in [1.29, 1.82) is 0 Å². The summed E-state index contributed by atoms with van der Waals surface area (Å²) in [7, 11) is -0.602. The maximum atomic E-state index is 12.6. The van der Waals surface area contributed by atoms with Crippen molar-refractivity contribution in [1.82, 2.24) is 9.62 Å². The number of hydrogen-bond donors (Lipinski definition) is 1. The van der Waals surface area contributed by atoms with Crippen LogP contribution in [0.15, 0.2) is 24.3 Å². The summed E-state index contributed by atoms with van der Waals surface area (Å²) in [6, 6.07) is 4.31. The quantitative estimate of drug-likeness (QED) is 0.836. The van der Waals surface area contributed by atoms with Crippen LogP contribution < -0.4 is 10.1 Å². The molecule has 2 rings (SSSR count). The van der Waals surface area contributed by atoms with Crippen LogP contribution in [0, 0.1) is 5.92 Å². The predicted octanol–water partition coefficient (Wildman–Crippen LogP) is 1.95. The van der Waals surface area contributed by atoms with Gasteiger partial charge in [-0.3, -0.25) is 0 Å². The first-order valence-corrected chi connectivity index (χ1v) is 9.15. The largest absolute Gasteiger partial charge is 0.489 e. The minimum atomic E-state index is -4.42. The summed E-state index contributed by atoms with van der Waals surface area (Å²) in [5.41, 5.74) is -0.769. The molecule has 1 aromatic rings. The maximum absolute atomic E-state index is 12.6. The molecule has 1 heterocycles. The van der Waals surface area contributed by atoms with Crippen LogP contribution in [0.25, 0.3) is 0 Å². The second kappa shape index (κ2) is 7.28. The molecule has 0 aromatic heterocycles. The summed E-state index contributed by atoms with van der Waals surface area (Å²) in [5, 5.41) is 3.15. The van der Waals surface area contributed by atoms with E-state index in [1.54, 1.807) is 0 Å². The third kappa shape index (κ3) is 4.84. The number of rotatable bonds is 6. The van der Waals surface area contributed by atoms with Gasteiger partial charge >= 0.3 is 6.18 Å². The van der Waals surface area contributed by atoms with Gasteiger partial charge in [0.2, 0.25) is 10.0 Å². The first kappa shape index (κ1) is 19.0. The highest BCUT2D eigenvalue weighted by atomic mass is 32.2. The number of ether oxygens (including phenoxy) is 1. The van der Waals surface area contributed by atoms with Crippen molar-refractivity contribution in [3.8, 4) is 5.75 Å². The summed E-state index contributed by atoms with van der Waals surface area (Å²) < 4.78 is 69.0. The Hall–Kier alpha value is -1.32. The van der Waals surface area contributed by atoms with Crippen molar-refractivity contribution in [2.75, 3.05) is 32.9 Å². The molecule has 0 aliphatic carbocycles. The number of halogens is 3. The molecule has 1 saturated heterocycles. The molecule has 5 nitrogen and oxygen atoms in total. The lowest BCUT2D eigenvalue weighted by Gasteiger charge is -2.25. The van der Waals surface area contributed by atoms with Crippen LogP contribution in [0.3, 0.4) is 0 Å². The highest BCUT2D eigenvalue weighted by Crippen LogP contribution is 2.31. The van der Waals surface area contributed by atoms with Crippen molar-refractivity contribution in [2.24, 2.45) is 5.92 Å². The van der Waals surface area contributed by atoms with Crippen LogP contribution in [0.4, 0.5) is 13.2 Å². The SMILES string of the molecule is CN(C)S(=O)(=O)C[C@@H](Oc1ccc(C(F)(F)F)cc1)C1CCNC1. The number of hydrogen-bond acceptors (Lipinski definition) is 4. The van der Waals surface area contributed by atoms with Gasteiger partial charge in [0, 0.05) is 26.6 Å². The third-order valence-electron chi connectivity index (χ3n) is 4.02. The van der Waals surface area contributed by atoms with Gasteiger partial charge in [-0.2, -0.15) is 13.2 Å². The lowest BCUT2D eigenvalue weighted by atomic mass is 10.0. The molecule has 2 atom stereocenters. The van der Waals surface area contributed by atoms with E-state index >= 15 is 0 Å². The zero-order valence-corrected chi connectivity index (χ0v) is 14.3. The molecule has 136 valence electrons. The maximum Gasteiger partial charge on any atom is 0.416 e. The minimum absolute atomic E-state index is 0.0120. The van der Waals surface area contributed by atoms with Gasteiger partial charge in [-0.15, -0.1) is 0 Å². The summed E-state index contributed by atoms with van der Waals surface area (Å²) in [4.78, 5) is 0. The van der Waals surface area contributed by atoms with Gasteiger partial charge in [0.1, 0.15) is 17.6 Å². The Morgan fingerprint density at radius 1 is 1.29 bits per heavy atom. The monoisotopic (exact) mass is 366 g/mol. The summed E-state index contributed by atoms with van der Waals surface area (Å²) in [5.74, 6) is 0.00349. The van der Waals surface area contributed by atoms with Crippen LogP contribution in [-0.2, 0) is 16.2 Å². The van der Waals surface area contributed by atoms with E-state index in [0.717, 1.165) is 29.4 Å². The fourth-order valence-corrected chi connectivity index (χ4v) is 3.57. The fourth-order valence-electron chi connectivity index (χ4n) is 2.51. The Morgan fingerprint density at radius 2 is 1.92 bits per heavy atom. The van der Waals surface area contributed by atoms with Crippen molar-refractivity contribution < 1.29 is 26.3 Å². The van der Waals surface area contributed by atoms with Crippen LogP contribution in [0.1, 0.15) is 12.0 Å². The topological polar surface area (TPSA) is 58.6 Å². The van der Waals surface area contributed by atoms with E-state index in [-0.39, 0.29) is 17.4 Å². The molecule has 0 saturated carbocycles. The Bertz CT molecular complexity index is 639. The highest BCUT2D eigenvalue weighted by Gasteiger charge is 2.33. The summed E-state index contributed by atoms with van der Waals surface area (Å²) >= 11 is 0. The van der Waals surface area contributed by atoms with Gasteiger partial charge in [-0.1, -0.05) is 0 Å². The minimum Gasteiger partial charge on any atom is -0.489 e. The van der Waals surface area contributed by atoms with Gasteiger partial charge in [0.15, 0.2) is 0 Å². The zero-order valence-electron chi connectivity index (χ0n) is 13.5. The zero-order chi connectivity index (χ0) is 18.0.